The number of nitrogens with one attached hydrogen (secondary N) is 1. The molecule has 7 nitrogen and oxygen atoms in total. The SMILES string of the molecule is CCC(CC)C(CNC(=NC)N1CC(C)C(C(=O)OC)C1)N1CCOCC1. The van der Waals surface area contributed by atoms with E-state index in [0.717, 1.165) is 45.4 Å². The lowest BCUT2D eigenvalue weighted by Crippen LogP contribution is -2.53. The average molecular weight is 383 g/mol. The van der Waals surface area contributed by atoms with Crippen LogP contribution in [0.25, 0.3) is 0 Å². The van der Waals surface area contributed by atoms with Crippen molar-refractivity contribution in [1.29, 1.82) is 0 Å². The standard InChI is InChI=1S/C20H38N4O3/c1-6-16(7-2)18(23-8-10-27-11-9-23)12-22-20(21-4)24-13-15(3)17(14-24)19(25)26-5/h15-18H,6-14H2,1-5H3,(H,21,22). The molecule has 0 aromatic rings. The predicted octanol–water partition coefficient (Wildman–Crippen LogP) is 1.44. The summed E-state index contributed by atoms with van der Waals surface area (Å²) in [6.45, 7) is 12.6. The molecule has 2 fully saturated rings. The highest BCUT2D eigenvalue weighted by molar-refractivity contribution is 5.82. The molecule has 7 heteroatoms. The molecule has 2 aliphatic rings. The fourth-order valence-electron chi connectivity index (χ4n) is 4.46. The van der Waals surface area contributed by atoms with Gasteiger partial charge in [-0.1, -0.05) is 33.6 Å². The van der Waals surface area contributed by atoms with Gasteiger partial charge in [0.15, 0.2) is 5.96 Å². The Labute approximate surface area is 164 Å². The molecule has 0 amide bonds. The van der Waals surface area contributed by atoms with Crippen molar-refractivity contribution in [3.05, 3.63) is 0 Å². The smallest absolute Gasteiger partial charge is 0.310 e. The third-order valence-corrected chi connectivity index (χ3v) is 6.20. The molecule has 3 unspecified atom stereocenters. The van der Waals surface area contributed by atoms with E-state index in [1.54, 1.807) is 0 Å². The van der Waals surface area contributed by atoms with E-state index in [1.165, 1.54) is 20.0 Å². The molecule has 2 aliphatic heterocycles. The number of aliphatic imine (C=N–C) groups is 1. The second kappa shape index (κ2) is 10.9. The van der Waals surface area contributed by atoms with Gasteiger partial charge in [-0.05, 0) is 11.8 Å². The number of rotatable bonds is 7. The van der Waals surface area contributed by atoms with E-state index in [-0.39, 0.29) is 17.8 Å². The summed E-state index contributed by atoms with van der Waals surface area (Å²) in [4.78, 5) is 21.2. The lowest BCUT2D eigenvalue weighted by Gasteiger charge is -2.39. The molecule has 1 N–H and O–H groups in total. The van der Waals surface area contributed by atoms with Gasteiger partial charge in [-0.3, -0.25) is 14.7 Å². The van der Waals surface area contributed by atoms with E-state index in [0.29, 0.717) is 18.5 Å². The van der Waals surface area contributed by atoms with Crippen molar-refractivity contribution in [2.24, 2.45) is 22.7 Å². The number of ether oxygens (including phenoxy) is 2. The molecule has 156 valence electrons. The number of carbonyl (C=O) groups is 1. The normalized spacial score (nSPS) is 25.7. The average Bonchev–Trinajstić information content (AvgIpc) is 3.09. The number of morpholine rings is 1. The van der Waals surface area contributed by atoms with Crippen molar-refractivity contribution in [3.8, 4) is 0 Å². The minimum absolute atomic E-state index is 0.0809. The van der Waals surface area contributed by atoms with Crippen molar-refractivity contribution in [3.63, 3.8) is 0 Å². The van der Waals surface area contributed by atoms with Gasteiger partial charge in [0.1, 0.15) is 0 Å². The number of nitrogens with zero attached hydrogens (tertiary/aromatic N) is 3. The Morgan fingerprint density at radius 3 is 2.48 bits per heavy atom. The van der Waals surface area contributed by atoms with Crippen LogP contribution in [-0.2, 0) is 14.3 Å². The lowest BCUT2D eigenvalue weighted by molar-refractivity contribution is -0.145. The summed E-state index contributed by atoms with van der Waals surface area (Å²) in [5.74, 6) is 1.60. The van der Waals surface area contributed by atoms with Crippen molar-refractivity contribution in [2.75, 3.05) is 60.1 Å². The number of methoxy groups -OCH3 is 1. The van der Waals surface area contributed by atoms with Gasteiger partial charge in [0.25, 0.3) is 0 Å². The highest BCUT2D eigenvalue weighted by Crippen LogP contribution is 2.24. The van der Waals surface area contributed by atoms with Crippen molar-refractivity contribution < 1.29 is 14.3 Å². The number of hydrogen-bond donors (Lipinski definition) is 1. The maximum atomic E-state index is 12.0. The lowest BCUT2D eigenvalue weighted by atomic mass is 9.92. The maximum Gasteiger partial charge on any atom is 0.310 e. The molecule has 2 heterocycles. The van der Waals surface area contributed by atoms with Crippen LogP contribution in [-0.4, -0.2) is 87.9 Å². The molecule has 0 spiro atoms. The van der Waals surface area contributed by atoms with Crippen molar-refractivity contribution in [2.45, 2.75) is 39.7 Å². The van der Waals surface area contributed by atoms with E-state index in [1.807, 2.05) is 7.05 Å². The third kappa shape index (κ3) is 5.57. The first-order valence-electron chi connectivity index (χ1n) is 10.4. The predicted molar refractivity (Wildman–Crippen MR) is 108 cm³/mol. The summed E-state index contributed by atoms with van der Waals surface area (Å²) < 4.78 is 10.5. The molecule has 0 radical (unpaired) electrons. The highest BCUT2D eigenvalue weighted by atomic mass is 16.5. The van der Waals surface area contributed by atoms with Crippen LogP contribution in [0.2, 0.25) is 0 Å². The summed E-state index contributed by atoms with van der Waals surface area (Å²) in [7, 11) is 3.28. The zero-order valence-corrected chi connectivity index (χ0v) is 17.7. The number of guanidine groups is 1. The first-order chi connectivity index (χ1) is 13.0. The zero-order valence-electron chi connectivity index (χ0n) is 17.7. The van der Waals surface area contributed by atoms with Gasteiger partial charge in [-0.15, -0.1) is 0 Å². The van der Waals surface area contributed by atoms with Gasteiger partial charge < -0.3 is 19.7 Å². The van der Waals surface area contributed by atoms with E-state index < -0.39 is 0 Å². The Hall–Kier alpha value is -1.34. The van der Waals surface area contributed by atoms with Gasteiger partial charge in [0, 0.05) is 45.8 Å². The van der Waals surface area contributed by atoms with Crippen molar-refractivity contribution in [1.82, 2.24) is 15.1 Å². The summed E-state index contributed by atoms with van der Waals surface area (Å²) in [6, 6.07) is 0.470. The summed E-state index contributed by atoms with van der Waals surface area (Å²) >= 11 is 0. The topological polar surface area (TPSA) is 66.4 Å². The molecular formula is C20H38N4O3. The molecule has 27 heavy (non-hydrogen) atoms. The largest absolute Gasteiger partial charge is 0.469 e. The van der Waals surface area contributed by atoms with Crippen LogP contribution in [0.15, 0.2) is 4.99 Å². The molecule has 2 rings (SSSR count). The maximum absolute atomic E-state index is 12.0. The zero-order chi connectivity index (χ0) is 19.8. The van der Waals surface area contributed by atoms with E-state index >= 15 is 0 Å². The monoisotopic (exact) mass is 382 g/mol. The van der Waals surface area contributed by atoms with Gasteiger partial charge in [-0.25, -0.2) is 0 Å². The van der Waals surface area contributed by atoms with E-state index in [4.69, 9.17) is 9.47 Å². The minimum Gasteiger partial charge on any atom is -0.469 e. The Morgan fingerprint density at radius 2 is 1.93 bits per heavy atom. The summed E-state index contributed by atoms with van der Waals surface area (Å²) in [6.07, 6.45) is 2.34. The summed E-state index contributed by atoms with van der Waals surface area (Å²) in [5.41, 5.74) is 0. The van der Waals surface area contributed by atoms with Crippen LogP contribution in [0, 0.1) is 17.8 Å². The first kappa shape index (κ1) is 22.0. The van der Waals surface area contributed by atoms with Crippen LogP contribution in [0.4, 0.5) is 0 Å². The molecule has 2 saturated heterocycles. The van der Waals surface area contributed by atoms with Gasteiger partial charge >= 0.3 is 5.97 Å². The number of likely N-dealkylation sites (tertiary alicyclic amines) is 1. The van der Waals surface area contributed by atoms with Crippen LogP contribution in [0.1, 0.15) is 33.6 Å². The van der Waals surface area contributed by atoms with E-state index in [2.05, 4.69) is 40.9 Å². The number of carbonyl (C=O) groups excluding carboxylic acids is 1. The van der Waals surface area contributed by atoms with Gasteiger partial charge in [-0.2, -0.15) is 0 Å². The summed E-state index contributed by atoms with van der Waals surface area (Å²) in [5, 5.41) is 3.60. The molecule has 0 saturated carbocycles. The molecule has 0 aliphatic carbocycles. The van der Waals surface area contributed by atoms with E-state index in [9.17, 15) is 4.79 Å². The molecule has 0 aromatic carbocycles. The first-order valence-corrected chi connectivity index (χ1v) is 10.4. The fraction of sp³-hybridized carbons (Fsp3) is 0.900. The van der Waals surface area contributed by atoms with Gasteiger partial charge in [0.05, 0.1) is 26.2 Å². The number of hydrogen-bond acceptors (Lipinski definition) is 5. The van der Waals surface area contributed by atoms with Crippen LogP contribution >= 0.6 is 0 Å². The molecular weight excluding hydrogens is 344 g/mol. The Morgan fingerprint density at radius 1 is 1.26 bits per heavy atom. The fourth-order valence-corrected chi connectivity index (χ4v) is 4.46. The Balaban J connectivity index is 2.00. The Bertz CT molecular complexity index is 490. The van der Waals surface area contributed by atoms with Crippen LogP contribution in [0.5, 0.6) is 0 Å². The second-order valence-electron chi connectivity index (χ2n) is 7.73. The molecule has 3 atom stereocenters. The van der Waals surface area contributed by atoms with Crippen molar-refractivity contribution >= 4 is 11.9 Å². The van der Waals surface area contributed by atoms with Crippen LogP contribution < -0.4 is 5.32 Å². The van der Waals surface area contributed by atoms with Gasteiger partial charge in [0.2, 0.25) is 0 Å². The van der Waals surface area contributed by atoms with Crippen LogP contribution in [0.3, 0.4) is 0 Å². The second-order valence-corrected chi connectivity index (χ2v) is 7.73. The molecule has 0 bridgehead atoms. The highest BCUT2D eigenvalue weighted by Gasteiger charge is 2.37. The quantitative estimate of drug-likeness (QED) is 0.408. The number of esters is 1. The third-order valence-electron chi connectivity index (χ3n) is 6.20. The minimum atomic E-state index is -0.122. The Kier molecular flexibility index (Phi) is 8.83. The molecule has 0 aromatic heterocycles.